The van der Waals surface area contributed by atoms with Gasteiger partial charge in [-0.15, -0.1) is 0 Å². The molecule has 6 heteroatoms. The summed E-state index contributed by atoms with van der Waals surface area (Å²) in [6, 6.07) is 0. The molecule has 1 amide bonds. The van der Waals surface area contributed by atoms with E-state index in [-0.39, 0.29) is 6.54 Å². The minimum atomic E-state index is -1.16. The topological polar surface area (TPSA) is 89.9 Å². The number of hydrogen-bond acceptors (Lipinski definition) is 3. The van der Waals surface area contributed by atoms with Crippen LogP contribution in [0, 0.1) is 0 Å². The van der Waals surface area contributed by atoms with Gasteiger partial charge in [0.1, 0.15) is 5.54 Å². The number of carboxylic acids is 1. The van der Waals surface area contributed by atoms with Crippen molar-refractivity contribution in [1.29, 1.82) is 0 Å². The van der Waals surface area contributed by atoms with Crippen LogP contribution in [-0.4, -0.2) is 52.3 Å². The Kier molecular flexibility index (Phi) is 2.42. The van der Waals surface area contributed by atoms with Crippen molar-refractivity contribution in [3.05, 3.63) is 0 Å². The van der Waals surface area contributed by atoms with Crippen LogP contribution in [0.4, 0.5) is 4.79 Å². The summed E-state index contributed by atoms with van der Waals surface area (Å²) in [6.45, 7) is 2.16. The average molecular weight is 188 g/mol. The Morgan fingerprint density at radius 1 is 1.46 bits per heavy atom. The lowest BCUT2D eigenvalue weighted by Gasteiger charge is -2.36. The first-order valence-corrected chi connectivity index (χ1v) is 3.92. The second kappa shape index (κ2) is 3.21. The Bertz CT molecular complexity index is 243. The molecule has 1 atom stereocenters. The molecule has 1 fully saturated rings. The number of nitrogens with zero attached hydrogens (tertiary/aromatic N) is 1. The third-order valence-electron chi connectivity index (χ3n) is 2.15. The van der Waals surface area contributed by atoms with E-state index in [4.69, 9.17) is 10.2 Å². The molecule has 0 bridgehead atoms. The van der Waals surface area contributed by atoms with Gasteiger partial charge in [0.25, 0.3) is 0 Å². The lowest BCUT2D eigenvalue weighted by molar-refractivity contribution is -0.145. The summed E-state index contributed by atoms with van der Waals surface area (Å²) in [7, 11) is 0. The molecule has 13 heavy (non-hydrogen) atoms. The van der Waals surface area contributed by atoms with Gasteiger partial charge in [-0.3, -0.25) is 10.1 Å². The normalized spacial score (nSPS) is 28.5. The smallest absolute Gasteiger partial charge is 0.407 e. The van der Waals surface area contributed by atoms with Crippen LogP contribution in [0.2, 0.25) is 0 Å². The number of rotatable bonds is 1. The zero-order valence-electron chi connectivity index (χ0n) is 7.28. The van der Waals surface area contributed by atoms with Crippen LogP contribution < -0.4 is 5.32 Å². The highest BCUT2D eigenvalue weighted by Crippen LogP contribution is 2.11. The fourth-order valence-corrected chi connectivity index (χ4v) is 1.29. The highest BCUT2D eigenvalue weighted by Gasteiger charge is 2.39. The summed E-state index contributed by atoms with van der Waals surface area (Å²) < 4.78 is 0. The molecule has 74 valence electrons. The van der Waals surface area contributed by atoms with E-state index in [1.165, 1.54) is 6.92 Å². The Hall–Kier alpha value is -1.30. The maximum Gasteiger partial charge on any atom is 0.407 e. The maximum atomic E-state index is 10.8. The van der Waals surface area contributed by atoms with Crippen LogP contribution in [0.3, 0.4) is 0 Å². The van der Waals surface area contributed by atoms with Crippen molar-refractivity contribution >= 4 is 12.1 Å². The molecule has 6 nitrogen and oxygen atoms in total. The number of carboxylic acid groups (broad SMARTS) is 2. The fraction of sp³-hybridized carbons (Fsp3) is 0.714. The van der Waals surface area contributed by atoms with Gasteiger partial charge in [-0.05, 0) is 6.92 Å². The average Bonchev–Trinajstić information content (AvgIpc) is 2.04. The van der Waals surface area contributed by atoms with Crippen molar-refractivity contribution in [2.45, 2.75) is 12.5 Å². The second-order valence-corrected chi connectivity index (χ2v) is 3.27. The minimum absolute atomic E-state index is 0.0162. The summed E-state index contributed by atoms with van der Waals surface area (Å²) in [5.41, 5.74) is -1.16. The molecule has 0 aromatic rings. The van der Waals surface area contributed by atoms with Gasteiger partial charge in [0.05, 0.1) is 6.54 Å². The summed E-state index contributed by atoms with van der Waals surface area (Å²) in [4.78, 5) is 22.4. The maximum absolute atomic E-state index is 10.8. The molecule has 1 aliphatic heterocycles. The molecule has 0 aliphatic carbocycles. The third-order valence-corrected chi connectivity index (χ3v) is 2.15. The monoisotopic (exact) mass is 188 g/mol. The molecule has 0 aromatic carbocycles. The first kappa shape index (κ1) is 9.79. The van der Waals surface area contributed by atoms with Crippen molar-refractivity contribution in [3.8, 4) is 0 Å². The van der Waals surface area contributed by atoms with E-state index < -0.39 is 17.6 Å². The van der Waals surface area contributed by atoms with Crippen LogP contribution in [0.5, 0.6) is 0 Å². The summed E-state index contributed by atoms with van der Waals surface area (Å²) >= 11 is 0. The van der Waals surface area contributed by atoms with Gasteiger partial charge in [0, 0.05) is 13.1 Å². The molecule has 0 spiro atoms. The molecule has 1 heterocycles. The van der Waals surface area contributed by atoms with Gasteiger partial charge in [-0.25, -0.2) is 4.79 Å². The van der Waals surface area contributed by atoms with E-state index in [1.54, 1.807) is 0 Å². The van der Waals surface area contributed by atoms with Crippen LogP contribution in [0.25, 0.3) is 0 Å². The van der Waals surface area contributed by atoms with Crippen molar-refractivity contribution < 1.29 is 19.8 Å². The summed E-state index contributed by atoms with van der Waals surface area (Å²) in [6.07, 6.45) is -1.08. The predicted molar refractivity (Wildman–Crippen MR) is 43.6 cm³/mol. The van der Waals surface area contributed by atoms with E-state index in [1.807, 2.05) is 0 Å². The van der Waals surface area contributed by atoms with E-state index in [2.05, 4.69) is 5.32 Å². The molecule has 1 rings (SSSR count). The highest BCUT2D eigenvalue weighted by molar-refractivity contribution is 5.80. The third kappa shape index (κ3) is 1.89. The number of carbonyl (C=O) groups is 2. The Balaban J connectivity index is 2.71. The van der Waals surface area contributed by atoms with Gasteiger partial charge in [0.2, 0.25) is 0 Å². The second-order valence-electron chi connectivity index (χ2n) is 3.27. The Morgan fingerprint density at radius 2 is 2.08 bits per heavy atom. The lowest BCUT2D eigenvalue weighted by atomic mass is 10.00. The number of amides is 1. The predicted octanol–water partition coefficient (Wildman–Crippen LogP) is -0.587. The van der Waals surface area contributed by atoms with Crippen LogP contribution >= 0.6 is 0 Å². The van der Waals surface area contributed by atoms with Gasteiger partial charge < -0.3 is 15.1 Å². The zero-order chi connectivity index (χ0) is 10.1. The molecular weight excluding hydrogens is 176 g/mol. The number of aliphatic carboxylic acids is 1. The molecule has 1 saturated heterocycles. The van der Waals surface area contributed by atoms with E-state index in [0.29, 0.717) is 13.1 Å². The van der Waals surface area contributed by atoms with E-state index in [0.717, 1.165) is 4.90 Å². The lowest BCUT2D eigenvalue weighted by Crippen LogP contribution is -2.63. The fourth-order valence-electron chi connectivity index (χ4n) is 1.29. The number of piperazine rings is 1. The summed E-state index contributed by atoms with van der Waals surface area (Å²) in [5, 5.41) is 20.2. The Labute approximate surface area is 75.1 Å². The van der Waals surface area contributed by atoms with Crippen molar-refractivity contribution in [1.82, 2.24) is 10.2 Å². The molecule has 3 N–H and O–H groups in total. The molecule has 0 unspecified atom stereocenters. The SMILES string of the molecule is C[C@]1(C(=O)O)CN(C(=O)O)CCN1. The highest BCUT2D eigenvalue weighted by atomic mass is 16.4. The van der Waals surface area contributed by atoms with Crippen LogP contribution in [0.15, 0.2) is 0 Å². The minimum Gasteiger partial charge on any atom is -0.480 e. The number of hydrogen-bond donors (Lipinski definition) is 3. The molecule has 0 saturated carbocycles. The largest absolute Gasteiger partial charge is 0.480 e. The van der Waals surface area contributed by atoms with Crippen molar-refractivity contribution in [3.63, 3.8) is 0 Å². The van der Waals surface area contributed by atoms with Gasteiger partial charge in [0.15, 0.2) is 0 Å². The first-order valence-electron chi connectivity index (χ1n) is 3.92. The standard InChI is InChI=1S/C7H12N2O4/c1-7(5(10)11)4-9(6(12)13)3-2-8-7/h8H,2-4H2,1H3,(H,10,11)(H,12,13)/t7-/m1/s1. The van der Waals surface area contributed by atoms with Crippen molar-refractivity contribution in [2.24, 2.45) is 0 Å². The zero-order valence-corrected chi connectivity index (χ0v) is 7.28. The van der Waals surface area contributed by atoms with Gasteiger partial charge in [-0.2, -0.15) is 0 Å². The van der Waals surface area contributed by atoms with Crippen molar-refractivity contribution in [2.75, 3.05) is 19.6 Å². The van der Waals surface area contributed by atoms with Gasteiger partial charge in [-0.1, -0.05) is 0 Å². The van der Waals surface area contributed by atoms with E-state index in [9.17, 15) is 9.59 Å². The molecule has 0 aromatic heterocycles. The molecule has 1 aliphatic rings. The van der Waals surface area contributed by atoms with E-state index >= 15 is 0 Å². The summed E-state index contributed by atoms with van der Waals surface area (Å²) in [5.74, 6) is -1.03. The van der Waals surface area contributed by atoms with Crippen LogP contribution in [0.1, 0.15) is 6.92 Å². The Morgan fingerprint density at radius 3 is 2.54 bits per heavy atom. The number of nitrogens with one attached hydrogen (secondary N) is 1. The quantitative estimate of drug-likeness (QED) is 0.512. The first-order chi connectivity index (χ1) is 5.96. The molecular formula is C7H12N2O4. The van der Waals surface area contributed by atoms with Crippen LogP contribution in [-0.2, 0) is 4.79 Å². The molecule has 0 radical (unpaired) electrons. The van der Waals surface area contributed by atoms with Gasteiger partial charge >= 0.3 is 12.1 Å².